The van der Waals surface area contributed by atoms with Crippen LogP contribution in [0.25, 0.3) is 0 Å². The van der Waals surface area contributed by atoms with Crippen molar-refractivity contribution in [3.63, 3.8) is 0 Å². The number of hydrogen-bond donors (Lipinski definition) is 1. The first-order chi connectivity index (χ1) is 6.83. The smallest absolute Gasteiger partial charge is 0.177 e. The van der Waals surface area contributed by atoms with Gasteiger partial charge in [0.25, 0.3) is 0 Å². The second-order valence-electron chi connectivity index (χ2n) is 4.77. The van der Waals surface area contributed by atoms with E-state index in [1.807, 2.05) is 0 Å². The normalized spacial score (nSPS) is 44.8. The van der Waals surface area contributed by atoms with Gasteiger partial charge in [-0.15, -0.1) is 0 Å². The molecule has 14 heavy (non-hydrogen) atoms. The van der Waals surface area contributed by atoms with Crippen molar-refractivity contribution in [2.24, 2.45) is 5.41 Å². The van der Waals surface area contributed by atoms with E-state index in [0.29, 0.717) is 6.04 Å². The van der Waals surface area contributed by atoms with Crippen LogP contribution in [0, 0.1) is 5.41 Å². The molecule has 1 spiro atoms. The van der Waals surface area contributed by atoms with Crippen LogP contribution >= 0.6 is 0 Å². The van der Waals surface area contributed by atoms with Gasteiger partial charge in [-0.2, -0.15) is 0 Å². The first kappa shape index (κ1) is 9.13. The third-order valence-corrected chi connectivity index (χ3v) is 4.47. The second kappa shape index (κ2) is 2.94. The summed E-state index contributed by atoms with van der Waals surface area (Å²) in [7, 11) is 0. The Labute approximate surface area is 85.1 Å². The zero-order valence-corrected chi connectivity index (χ0v) is 8.84. The fourth-order valence-electron chi connectivity index (χ4n) is 3.67. The van der Waals surface area contributed by atoms with Crippen molar-refractivity contribution in [1.29, 1.82) is 0 Å². The van der Waals surface area contributed by atoms with Gasteiger partial charge in [0.2, 0.25) is 0 Å². The van der Waals surface area contributed by atoms with Crippen LogP contribution in [-0.2, 0) is 9.47 Å². The van der Waals surface area contributed by atoms with Crippen molar-refractivity contribution in [2.45, 2.75) is 44.4 Å². The minimum atomic E-state index is -0.208. The minimum absolute atomic E-state index is 0.208. The third kappa shape index (κ3) is 0.884. The van der Waals surface area contributed by atoms with Gasteiger partial charge in [0.15, 0.2) is 5.79 Å². The van der Waals surface area contributed by atoms with Crippen LogP contribution in [0.3, 0.4) is 0 Å². The molecule has 3 nitrogen and oxygen atoms in total. The van der Waals surface area contributed by atoms with E-state index in [1.54, 1.807) is 0 Å². The fourth-order valence-corrected chi connectivity index (χ4v) is 3.67. The quantitative estimate of drug-likeness (QED) is 0.687. The average molecular weight is 197 g/mol. The zero-order valence-electron chi connectivity index (χ0n) is 8.84. The van der Waals surface area contributed by atoms with Gasteiger partial charge in [-0.05, 0) is 25.8 Å². The Hall–Kier alpha value is -0.120. The van der Waals surface area contributed by atoms with Crippen LogP contribution in [0.15, 0.2) is 0 Å². The summed E-state index contributed by atoms with van der Waals surface area (Å²) in [5.41, 5.74) is 0.280. The van der Waals surface area contributed by atoms with Crippen molar-refractivity contribution in [3.8, 4) is 0 Å². The number of ether oxygens (including phenoxy) is 2. The number of nitrogens with one attached hydrogen (secondary N) is 1. The lowest BCUT2D eigenvalue weighted by molar-refractivity contribution is -0.321. The van der Waals surface area contributed by atoms with Gasteiger partial charge in [-0.1, -0.05) is 6.92 Å². The van der Waals surface area contributed by atoms with E-state index in [0.717, 1.165) is 19.6 Å². The predicted molar refractivity (Wildman–Crippen MR) is 53.0 cm³/mol. The second-order valence-corrected chi connectivity index (χ2v) is 4.77. The highest BCUT2D eigenvalue weighted by Crippen LogP contribution is 2.60. The van der Waals surface area contributed by atoms with E-state index in [2.05, 4.69) is 12.2 Å². The Morgan fingerprint density at radius 1 is 1.36 bits per heavy atom. The van der Waals surface area contributed by atoms with Crippen LogP contribution in [0.1, 0.15) is 32.6 Å². The Kier molecular flexibility index (Phi) is 1.92. The predicted octanol–water partition coefficient (Wildman–Crippen LogP) is 1.28. The van der Waals surface area contributed by atoms with E-state index < -0.39 is 0 Å². The molecule has 3 heteroatoms. The number of hydrogen-bond acceptors (Lipinski definition) is 3. The van der Waals surface area contributed by atoms with Crippen molar-refractivity contribution in [3.05, 3.63) is 0 Å². The molecule has 0 bridgehead atoms. The summed E-state index contributed by atoms with van der Waals surface area (Å²) in [6.45, 7) is 5.01. The SMILES string of the molecule is CCC12CCCNC1CC21OCCO1. The van der Waals surface area contributed by atoms with E-state index in [-0.39, 0.29) is 11.2 Å². The Bertz CT molecular complexity index is 237. The molecule has 1 aliphatic carbocycles. The number of piperidine rings is 1. The molecule has 0 aromatic carbocycles. The summed E-state index contributed by atoms with van der Waals surface area (Å²) in [5, 5.41) is 3.60. The largest absolute Gasteiger partial charge is 0.347 e. The average Bonchev–Trinajstić information content (AvgIpc) is 2.68. The maximum absolute atomic E-state index is 5.88. The molecule has 2 heterocycles. The molecular formula is C11H19NO2. The van der Waals surface area contributed by atoms with Crippen LogP contribution in [-0.4, -0.2) is 31.6 Å². The highest BCUT2D eigenvalue weighted by molar-refractivity contribution is 5.15. The Morgan fingerprint density at radius 3 is 2.79 bits per heavy atom. The van der Waals surface area contributed by atoms with Crippen molar-refractivity contribution in [2.75, 3.05) is 19.8 Å². The summed E-state index contributed by atoms with van der Waals surface area (Å²) < 4.78 is 11.8. The Morgan fingerprint density at radius 2 is 2.14 bits per heavy atom. The number of fused-ring (bicyclic) bond motifs is 2. The first-order valence-electron chi connectivity index (χ1n) is 5.84. The summed E-state index contributed by atoms with van der Waals surface area (Å²) in [6.07, 6.45) is 4.76. The van der Waals surface area contributed by atoms with Gasteiger partial charge in [-0.3, -0.25) is 0 Å². The van der Waals surface area contributed by atoms with Crippen LogP contribution in [0.5, 0.6) is 0 Å². The lowest BCUT2D eigenvalue weighted by Crippen LogP contribution is -2.73. The monoisotopic (exact) mass is 197 g/mol. The molecule has 0 radical (unpaired) electrons. The van der Waals surface area contributed by atoms with Crippen molar-refractivity contribution < 1.29 is 9.47 Å². The molecule has 0 amide bonds. The maximum atomic E-state index is 5.88. The summed E-state index contributed by atoms with van der Waals surface area (Å²) >= 11 is 0. The highest BCUT2D eigenvalue weighted by Gasteiger charge is 2.68. The highest BCUT2D eigenvalue weighted by atomic mass is 16.7. The molecule has 3 fully saturated rings. The third-order valence-electron chi connectivity index (χ3n) is 4.47. The first-order valence-corrected chi connectivity index (χ1v) is 5.84. The number of rotatable bonds is 1. The van der Waals surface area contributed by atoms with Crippen LogP contribution in [0.2, 0.25) is 0 Å². The lowest BCUT2D eigenvalue weighted by atomic mass is 9.54. The van der Waals surface area contributed by atoms with Crippen molar-refractivity contribution in [1.82, 2.24) is 5.32 Å². The molecule has 1 N–H and O–H groups in total. The molecule has 0 aromatic heterocycles. The molecule has 2 atom stereocenters. The molecule has 0 aromatic rings. The summed E-state index contributed by atoms with van der Waals surface area (Å²) in [5.74, 6) is -0.208. The van der Waals surface area contributed by atoms with Gasteiger partial charge in [-0.25, -0.2) is 0 Å². The molecule has 2 unspecified atom stereocenters. The van der Waals surface area contributed by atoms with E-state index in [9.17, 15) is 0 Å². The molecule has 1 saturated carbocycles. The van der Waals surface area contributed by atoms with Gasteiger partial charge in [0.1, 0.15) is 0 Å². The topological polar surface area (TPSA) is 30.5 Å². The Balaban J connectivity index is 1.88. The molecule has 2 saturated heterocycles. The van der Waals surface area contributed by atoms with E-state index in [1.165, 1.54) is 25.8 Å². The summed E-state index contributed by atoms with van der Waals surface area (Å²) in [6, 6.07) is 0.638. The van der Waals surface area contributed by atoms with Gasteiger partial charge < -0.3 is 14.8 Å². The molecule has 2 aliphatic heterocycles. The standard InChI is InChI=1S/C11H19NO2/c1-2-10-4-3-5-12-9(10)8-11(10)13-6-7-14-11/h9,12H,2-8H2,1H3. The van der Waals surface area contributed by atoms with E-state index >= 15 is 0 Å². The van der Waals surface area contributed by atoms with Gasteiger partial charge >= 0.3 is 0 Å². The molecule has 3 rings (SSSR count). The van der Waals surface area contributed by atoms with Crippen LogP contribution < -0.4 is 5.32 Å². The van der Waals surface area contributed by atoms with E-state index in [4.69, 9.17) is 9.47 Å². The molecular weight excluding hydrogens is 178 g/mol. The lowest BCUT2D eigenvalue weighted by Gasteiger charge is -2.63. The van der Waals surface area contributed by atoms with Gasteiger partial charge in [0.05, 0.1) is 13.2 Å². The maximum Gasteiger partial charge on any atom is 0.177 e. The fraction of sp³-hybridized carbons (Fsp3) is 1.00. The van der Waals surface area contributed by atoms with Crippen LogP contribution in [0.4, 0.5) is 0 Å². The van der Waals surface area contributed by atoms with Gasteiger partial charge in [0, 0.05) is 17.9 Å². The summed E-state index contributed by atoms with van der Waals surface area (Å²) in [4.78, 5) is 0. The zero-order chi connectivity index (χ0) is 9.65. The molecule has 3 aliphatic rings. The molecule has 80 valence electrons. The minimum Gasteiger partial charge on any atom is -0.347 e. The van der Waals surface area contributed by atoms with Crippen molar-refractivity contribution >= 4 is 0 Å².